The Morgan fingerprint density at radius 2 is 1.81 bits per heavy atom. The molecule has 3 amide bonds. The van der Waals surface area contributed by atoms with Crippen molar-refractivity contribution in [1.82, 2.24) is 0 Å². The second-order valence-corrected chi connectivity index (χ2v) is 6.56. The van der Waals surface area contributed by atoms with Crippen LogP contribution in [0.5, 0.6) is 0 Å². The third-order valence-electron chi connectivity index (χ3n) is 4.73. The summed E-state index contributed by atoms with van der Waals surface area (Å²) in [5.74, 6) is -0.318. The van der Waals surface area contributed by atoms with Crippen LogP contribution in [0.25, 0.3) is 6.08 Å². The van der Waals surface area contributed by atoms with Crippen molar-refractivity contribution < 1.29 is 14.4 Å². The van der Waals surface area contributed by atoms with Gasteiger partial charge in [0.15, 0.2) is 0 Å². The van der Waals surface area contributed by atoms with Crippen LogP contribution >= 0.6 is 0 Å². The molecular formula is C21H19N3O3. The van der Waals surface area contributed by atoms with Gasteiger partial charge in [-0.2, -0.15) is 0 Å². The van der Waals surface area contributed by atoms with Gasteiger partial charge >= 0.3 is 0 Å². The van der Waals surface area contributed by atoms with Gasteiger partial charge in [-0.25, -0.2) is 0 Å². The predicted octanol–water partition coefficient (Wildman–Crippen LogP) is 2.81. The number of carbonyl (C=O) groups excluding carboxylic acids is 3. The molecule has 2 aliphatic rings. The first-order valence-electron chi connectivity index (χ1n) is 8.91. The minimum absolute atomic E-state index is 0.00377. The van der Waals surface area contributed by atoms with Crippen molar-refractivity contribution in [2.24, 2.45) is 0 Å². The fourth-order valence-electron chi connectivity index (χ4n) is 3.37. The van der Waals surface area contributed by atoms with Crippen LogP contribution in [0, 0.1) is 0 Å². The molecule has 1 N–H and O–H groups in total. The smallest absolute Gasteiger partial charge is 0.251 e. The standard InChI is InChI=1S/C21H19N3O3/c25-19-14-24(18-5-2-1-4-17(18)22-19)21(27)12-9-15-7-10-16(11-8-15)23-13-3-6-20(23)26/h1-2,4-5,7-12H,3,6,13-14H2,(H,22,25)/b12-9+. The fraction of sp³-hybridized carbons (Fsp3) is 0.190. The first-order valence-corrected chi connectivity index (χ1v) is 8.91. The highest BCUT2D eigenvalue weighted by atomic mass is 16.2. The number of nitrogens with one attached hydrogen (secondary N) is 1. The maximum atomic E-state index is 12.6. The number of fused-ring (bicyclic) bond motifs is 1. The largest absolute Gasteiger partial charge is 0.323 e. The highest BCUT2D eigenvalue weighted by Crippen LogP contribution is 2.29. The highest BCUT2D eigenvalue weighted by Gasteiger charge is 2.25. The Morgan fingerprint density at radius 1 is 1.04 bits per heavy atom. The van der Waals surface area contributed by atoms with Crippen molar-refractivity contribution in [3.8, 4) is 0 Å². The summed E-state index contributed by atoms with van der Waals surface area (Å²) in [5, 5.41) is 2.77. The number of carbonyl (C=O) groups is 3. The quantitative estimate of drug-likeness (QED) is 0.855. The van der Waals surface area contributed by atoms with Crippen LogP contribution in [0.3, 0.4) is 0 Å². The molecule has 0 spiro atoms. The van der Waals surface area contributed by atoms with Crippen molar-refractivity contribution in [2.75, 3.05) is 28.2 Å². The lowest BCUT2D eigenvalue weighted by atomic mass is 10.1. The van der Waals surface area contributed by atoms with Crippen molar-refractivity contribution in [3.05, 3.63) is 60.2 Å². The number of anilines is 3. The third-order valence-corrected chi connectivity index (χ3v) is 4.73. The van der Waals surface area contributed by atoms with E-state index in [1.165, 1.54) is 11.0 Å². The minimum Gasteiger partial charge on any atom is -0.323 e. The van der Waals surface area contributed by atoms with E-state index in [1.54, 1.807) is 17.0 Å². The molecule has 0 aliphatic carbocycles. The lowest BCUT2D eigenvalue weighted by Gasteiger charge is -2.28. The molecule has 1 fully saturated rings. The molecule has 2 heterocycles. The van der Waals surface area contributed by atoms with Crippen LogP contribution in [-0.4, -0.2) is 30.8 Å². The van der Waals surface area contributed by atoms with Crippen LogP contribution in [0.4, 0.5) is 17.1 Å². The van der Waals surface area contributed by atoms with Gasteiger partial charge < -0.3 is 10.2 Å². The van der Waals surface area contributed by atoms with Crippen molar-refractivity contribution in [2.45, 2.75) is 12.8 Å². The zero-order chi connectivity index (χ0) is 18.8. The summed E-state index contributed by atoms with van der Waals surface area (Å²) in [5.41, 5.74) is 3.06. The van der Waals surface area contributed by atoms with Crippen molar-refractivity contribution in [1.29, 1.82) is 0 Å². The van der Waals surface area contributed by atoms with E-state index in [0.717, 1.165) is 24.2 Å². The van der Waals surface area contributed by atoms with E-state index >= 15 is 0 Å². The average Bonchev–Trinajstić information content (AvgIpc) is 3.11. The predicted molar refractivity (Wildman–Crippen MR) is 104 cm³/mol. The monoisotopic (exact) mass is 361 g/mol. The third kappa shape index (κ3) is 3.46. The number of benzene rings is 2. The van der Waals surface area contributed by atoms with E-state index < -0.39 is 0 Å². The SMILES string of the molecule is O=C1CN(C(=O)/C=C/c2ccc(N3CCCC3=O)cc2)c2ccccc2N1. The Balaban J connectivity index is 1.49. The highest BCUT2D eigenvalue weighted by molar-refractivity contribution is 6.13. The van der Waals surface area contributed by atoms with E-state index in [4.69, 9.17) is 0 Å². The summed E-state index contributed by atoms with van der Waals surface area (Å²) in [6.45, 7) is 0.749. The van der Waals surface area contributed by atoms with Crippen LogP contribution in [0.1, 0.15) is 18.4 Å². The van der Waals surface area contributed by atoms with Gasteiger partial charge in [0.05, 0.1) is 11.4 Å². The molecule has 4 rings (SSSR count). The van der Waals surface area contributed by atoms with Gasteiger partial charge in [-0.05, 0) is 42.3 Å². The Labute approximate surface area is 157 Å². The van der Waals surface area contributed by atoms with Gasteiger partial charge in [-0.3, -0.25) is 19.3 Å². The average molecular weight is 361 g/mol. The maximum absolute atomic E-state index is 12.6. The van der Waals surface area contributed by atoms with Gasteiger partial charge in [0.25, 0.3) is 5.91 Å². The van der Waals surface area contributed by atoms with Crippen LogP contribution in [0.15, 0.2) is 54.6 Å². The molecule has 136 valence electrons. The molecule has 0 radical (unpaired) electrons. The molecule has 6 heteroatoms. The lowest BCUT2D eigenvalue weighted by Crippen LogP contribution is -2.41. The molecule has 0 bridgehead atoms. The van der Waals surface area contributed by atoms with Crippen molar-refractivity contribution >= 4 is 40.9 Å². The molecule has 0 saturated carbocycles. The molecule has 2 aliphatic heterocycles. The van der Waals surface area contributed by atoms with Crippen LogP contribution in [-0.2, 0) is 14.4 Å². The Bertz CT molecular complexity index is 934. The molecule has 2 aromatic rings. The summed E-state index contributed by atoms with van der Waals surface area (Å²) in [4.78, 5) is 39.5. The van der Waals surface area contributed by atoms with Crippen LogP contribution < -0.4 is 15.1 Å². The van der Waals surface area contributed by atoms with Gasteiger partial charge in [0, 0.05) is 24.7 Å². The number of hydrogen-bond acceptors (Lipinski definition) is 3. The summed E-state index contributed by atoms with van der Waals surface area (Å²) >= 11 is 0. The second-order valence-electron chi connectivity index (χ2n) is 6.56. The number of nitrogens with zero attached hydrogens (tertiary/aromatic N) is 2. The zero-order valence-electron chi connectivity index (χ0n) is 14.7. The first-order chi connectivity index (χ1) is 13.1. The lowest BCUT2D eigenvalue weighted by molar-refractivity contribution is -0.119. The zero-order valence-corrected chi connectivity index (χ0v) is 14.7. The molecule has 0 atom stereocenters. The summed E-state index contributed by atoms with van der Waals surface area (Å²) in [7, 11) is 0. The molecule has 1 saturated heterocycles. The van der Waals surface area contributed by atoms with Gasteiger partial charge in [0.2, 0.25) is 11.8 Å². The Morgan fingerprint density at radius 3 is 2.56 bits per heavy atom. The summed E-state index contributed by atoms with van der Waals surface area (Å²) in [6, 6.07) is 14.8. The van der Waals surface area contributed by atoms with E-state index in [9.17, 15) is 14.4 Å². The summed E-state index contributed by atoms with van der Waals surface area (Å²) < 4.78 is 0. The van der Waals surface area contributed by atoms with E-state index in [2.05, 4.69) is 5.32 Å². The van der Waals surface area contributed by atoms with E-state index in [0.29, 0.717) is 17.8 Å². The number of hydrogen-bond donors (Lipinski definition) is 1. The normalized spacial score (nSPS) is 16.6. The molecule has 0 aromatic heterocycles. The number of rotatable bonds is 3. The van der Waals surface area contributed by atoms with E-state index in [1.807, 2.05) is 42.5 Å². The maximum Gasteiger partial charge on any atom is 0.251 e. The fourth-order valence-corrected chi connectivity index (χ4v) is 3.37. The summed E-state index contributed by atoms with van der Waals surface area (Å²) in [6.07, 6.45) is 4.67. The Kier molecular flexibility index (Phi) is 4.46. The topological polar surface area (TPSA) is 69.7 Å². The molecule has 0 unspecified atom stereocenters. The molecule has 2 aromatic carbocycles. The van der Waals surface area contributed by atoms with Gasteiger partial charge in [0.1, 0.15) is 6.54 Å². The number of amides is 3. The molecule has 27 heavy (non-hydrogen) atoms. The van der Waals surface area contributed by atoms with Gasteiger partial charge in [-0.1, -0.05) is 24.3 Å². The van der Waals surface area contributed by atoms with Gasteiger partial charge in [-0.15, -0.1) is 0 Å². The second kappa shape index (κ2) is 7.07. The molecule has 6 nitrogen and oxygen atoms in total. The molecular weight excluding hydrogens is 342 g/mol. The van der Waals surface area contributed by atoms with E-state index in [-0.39, 0.29) is 24.3 Å². The van der Waals surface area contributed by atoms with Crippen LogP contribution in [0.2, 0.25) is 0 Å². The Hall–Kier alpha value is -3.41. The minimum atomic E-state index is -0.254. The van der Waals surface area contributed by atoms with Crippen molar-refractivity contribution in [3.63, 3.8) is 0 Å². The first kappa shape index (κ1) is 17.0. The number of para-hydroxylation sites is 2.